The van der Waals surface area contributed by atoms with Gasteiger partial charge in [-0.2, -0.15) is 5.10 Å². The van der Waals surface area contributed by atoms with Crippen LogP contribution in [0.25, 0.3) is 0 Å². The molecule has 0 aliphatic rings. The Hall–Kier alpha value is -3.60. The van der Waals surface area contributed by atoms with E-state index in [0.29, 0.717) is 16.5 Å². The minimum absolute atomic E-state index is 0.00147. The SMILES string of the molecule is CCOC(=O)c1c(NC(=O)c2ccn(COc3ccc(F)cc3F)n2)sc(C(C)=O)c1C. The molecule has 32 heavy (non-hydrogen) atoms. The number of carbonyl (C=O) groups excluding carboxylic acids is 3. The fraction of sp³-hybridized carbons (Fsp3) is 0.238. The minimum atomic E-state index is -0.865. The van der Waals surface area contributed by atoms with Gasteiger partial charge in [0.25, 0.3) is 5.91 Å². The van der Waals surface area contributed by atoms with Crippen molar-refractivity contribution in [2.24, 2.45) is 0 Å². The number of Topliss-reactive ketones (excluding diaryl/α,β-unsaturated/α-hetero) is 1. The Morgan fingerprint density at radius 2 is 1.97 bits per heavy atom. The topological polar surface area (TPSA) is 99.5 Å². The van der Waals surface area contributed by atoms with Crippen LogP contribution < -0.4 is 10.1 Å². The molecule has 2 heterocycles. The molecule has 3 aromatic rings. The monoisotopic (exact) mass is 463 g/mol. The number of anilines is 1. The van der Waals surface area contributed by atoms with Crippen molar-refractivity contribution in [3.05, 3.63) is 63.8 Å². The van der Waals surface area contributed by atoms with Crippen LogP contribution in [-0.2, 0) is 11.5 Å². The van der Waals surface area contributed by atoms with Crippen LogP contribution in [0.1, 0.15) is 49.9 Å². The summed E-state index contributed by atoms with van der Waals surface area (Å²) in [5, 5.41) is 6.82. The lowest BCUT2D eigenvalue weighted by Gasteiger charge is -2.07. The van der Waals surface area contributed by atoms with E-state index in [0.717, 1.165) is 23.5 Å². The Balaban J connectivity index is 1.75. The normalized spacial score (nSPS) is 10.7. The largest absolute Gasteiger partial charge is 0.468 e. The van der Waals surface area contributed by atoms with Crippen LogP contribution in [0.5, 0.6) is 5.75 Å². The second-order valence-electron chi connectivity index (χ2n) is 6.58. The van der Waals surface area contributed by atoms with Gasteiger partial charge in [0.1, 0.15) is 10.8 Å². The Kier molecular flexibility index (Phi) is 6.98. The first kappa shape index (κ1) is 23.1. The van der Waals surface area contributed by atoms with Crippen LogP contribution in [0.2, 0.25) is 0 Å². The molecule has 1 N–H and O–H groups in total. The summed E-state index contributed by atoms with van der Waals surface area (Å²) in [4.78, 5) is 37.2. The molecule has 0 radical (unpaired) electrons. The van der Waals surface area contributed by atoms with Crippen LogP contribution in [0, 0.1) is 18.6 Å². The molecular weight excluding hydrogens is 444 g/mol. The summed E-state index contributed by atoms with van der Waals surface area (Å²) < 4.78 is 38.2. The number of thiophene rings is 1. The molecular formula is C21H19F2N3O5S. The first-order valence-corrected chi connectivity index (χ1v) is 10.3. The van der Waals surface area contributed by atoms with E-state index >= 15 is 0 Å². The molecule has 168 valence electrons. The van der Waals surface area contributed by atoms with E-state index < -0.39 is 23.5 Å². The molecule has 0 aliphatic heterocycles. The third kappa shape index (κ3) is 4.99. The number of ketones is 1. The summed E-state index contributed by atoms with van der Waals surface area (Å²) in [5.74, 6) is -3.28. The maximum absolute atomic E-state index is 13.7. The molecule has 3 rings (SSSR count). The molecule has 11 heteroatoms. The Labute approximate surface area is 185 Å². The number of benzene rings is 1. The average Bonchev–Trinajstić information content (AvgIpc) is 3.32. The van der Waals surface area contributed by atoms with Crippen molar-refractivity contribution >= 4 is 34.0 Å². The van der Waals surface area contributed by atoms with Crippen LogP contribution in [-0.4, -0.2) is 34.0 Å². The quantitative estimate of drug-likeness (QED) is 0.397. The van der Waals surface area contributed by atoms with Gasteiger partial charge >= 0.3 is 5.97 Å². The van der Waals surface area contributed by atoms with Crippen molar-refractivity contribution in [2.45, 2.75) is 27.5 Å². The average molecular weight is 463 g/mol. The zero-order valence-electron chi connectivity index (χ0n) is 17.4. The number of hydrogen-bond acceptors (Lipinski definition) is 7. The van der Waals surface area contributed by atoms with Gasteiger partial charge in [0.05, 0.1) is 17.0 Å². The van der Waals surface area contributed by atoms with Gasteiger partial charge in [-0.3, -0.25) is 9.59 Å². The number of nitrogens with zero attached hydrogens (tertiary/aromatic N) is 2. The lowest BCUT2D eigenvalue weighted by Crippen LogP contribution is -2.16. The number of halogens is 2. The van der Waals surface area contributed by atoms with Crippen molar-refractivity contribution < 1.29 is 32.6 Å². The highest BCUT2D eigenvalue weighted by molar-refractivity contribution is 7.18. The van der Waals surface area contributed by atoms with Gasteiger partial charge < -0.3 is 14.8 Å². The number of esters is 1. The maximum Gasteiger partial charge on any atom is 0.341 e. The molecule has 1 amide bonds. The summed E-state index contributed by atoms with van der Waals surface area (Å²) in [6, 6.07) is 4.29. The Bertz CT molecular complexity index is 1190. The molecule has 0 saturated heterocycles. The lowest BCUT2D eigenvalue weighted by atomic mass is 10.1. The van der Waals surface area contributed by atoms with E-state index in [1.165, 1.54) is 23.9 Å². The first-order valence-electron chi connectivity index (χ1n) is 9.45. The van der Waals surface area contributed by atoms with Crippen molar-refractivity contribution in [1.82, 2.24) is 9.78 Å². The predicted molar refractivity (Wildman–Crippen MR) is 112 cm³/mol. The summed E-state index contributed by atoms with van der Waals surface area (Å²) in [6.07, 6.45) is 1.43. The highest BCUT2D eigenvalue weighted by Crippen LogP contribution is 2.34. The van der Waals surface area contributed by atoms with E-state index in [1.807, 2.05) is 0 Å². The van der Waals surface area contributed by atoms with Crippen molar-refractivity contribution in [3.63, 3.8) is 0 Å². The number of aromatic nitrogens is 2. The molecule has 0 saturated carbocycles. The number of amides is 1. The molecule has 0 atom stereocenters. The molecule has 8 nitrogen and oxygen atoms in total. The predicted octanol–water partition coefficient (Wildman–Crippen LogP) is 4.20. The maximum atomic E-state index is 13.7. The molecule has 0 fully saturated rings. The number of carbonyl (C=O) groups is 3. The summed E-state index contributed by atoms with van der Waals surface area (Å²) in [6.45, 7) is 4.53. The second kappa shape index (κ2) is 9.69. The van der Waals surface area contributed by atoms with Gasteiger partial charge in [-0.25, -0.2) is 18.3 Å². The van der Waals surface area contributed by atoms with E-state index in [9.17, 15) is 23.2 Å². The van der Waals surface area contributed by atoms with Gasteiger partial charge in [-0.15, -0.1) is 11.3 Å². The molecule has 0 aliphatic carbocycles. The fourth-order valence-corrected chi connectivity index (χ4v) is 3.92. The van der Waals surface area contributed by atoms with Crippen LogP contribution in [0.3, 0.4) is 0 Å². The van der Waals surface area contributed by atoms with Gasteiger partial charge in [-0.05, 0) is 44.5 Å². The third-order valence-electron chi connectivity index (χ3n) is 4.29. The van der Waals surface area contributed by atoms with Crippen LogP contribution in [0.4, 0.5) is 13.8 Å². The first-order chi connectivity index (χ1) is 15.2. The van der Waals surface area contributed by atoms with Crippen molar-refractivity contribution in [2.75, 3.05) is 11.9 Å². The highest BCUT2D eigenvalue weighted by atomic mass is 32.1. The van der Waals surface area contributed by atoms with E-state index in [1.54, 1.807) is 13.8 Å². The second-order valence-corrected chi connectivity index (χ2v) is 7.60. The van der Waals surface area contributed by atoms with Crippen LogP contribution >= 0.6 is 11.3 Å². The van der Waals surface area contributed by atoms with Crippen molar-refractivity contribution in [1.29, 1.82) is 0 Å². The van der Waals surface area contributed by atoms with Gasteiger partial charge in [-0.1, -0.05) is 0 Å². The standard InChI is InChI=1S/C21H19F2N3O5S/c1-4-30-21(29)17-11(2)18(12(3)27)32-20(17)24-19(28)15-7-8-26(25-15)10-31-16-6-5-13(22)9-14(16)23/h5-9H,4,10H2,1-3H3,(H,24,28). The zero-order valence-corrected chi connectivity index (χ0v) is 18.2. The molecule has 0 unspecified atom stereocenters. The van der Waals surface area contributed by atoms with Gasteiger partial charge in [0, 0.05) is 12.3 Å². The number of nitrogens with one attached hydrogen (secondary N) is 1. The van der Waals surface area contributed by atoms with Crippen LogP contribution in [0.15, 0.2) is 30.5 Å². The summed E-state index contributed by atoms with van der Waals surface area (Å²) in [5.41, 5.74) is 0.542. The third-order valence-corrected chi connectivity index (χ3v) is 5.60. The fourth-order valence-electron chi connectivity index (χ4n) is 2.84. The van der Waals surface area contributed by atoms with Gasteiger partial charge in [0.2, 0.25) is 0 Å². The number of ether oxygens (including phenoxy) is 2. The van der Waals surface area contributed by atoms with Gasteiger partial charge in [0.15, 0.2) is 29.8 Å². The number of hydrogen-bond donors (Lipinski definition) is 1. The van der Waals surface area contributed by atoms with E-state index in [4.69, 9.17) is 9.47 Å². The van der Waals surface area contributed by atoms with E-state index in [2.05, 4.69) is 10.4 Å². The smallest absolute Gasteiger partial charge is 0.341 e. The lowest BCUT2D eigenvalue weighted by molar-refractivity contribution is 0.0527. The highest BCUT2D eigenvalue weighted by Gasteiger charge is 2.26. The Morgan fingerprint density at radius 1 is 1.22 bits per heavy atom. The minimum Gasteiger partial charge on any atom is -0.468 e. The number of rotatable bonds is 8. The molecule has 2 aromatic heterocycles. The summed E-state index contributed by atoms with van der Waals surface area (Å²) >= 11 is 0.975. The molecule has 1 aromatic carbocycles. The Morgan fingerprint density at radius 3 is 2.62 bits per heavy atom. The summed E-state index contributed by atoms with van der Waals surface area (Å²) in [7, 11) is 0. The zero-order chi connectivity index (χ0) is 23.4. The molecule has 0 bridgehead atoms. The van der Waals surface area contributed by atoms with Crippen molar-refractivity contribution in [3.8, 4) is 5.75 Å². The van der Waals surface area contributed by atoms with E-state index in [-0.39, 0.29) is 41.1 Å². The molecule has 0 spiro atoms.